The van der Waals surface area contributed by atoms with E-state index in [1.807, 2.05) is 0 Å². The molecular weight excluding hydrogens is 243 g/mol. The molecule has 2 rings (SSSR count). The number of ketones is 1. The Morgan fingerprint density at radius 1 is 1.41 bits per heavy atom. The molecule has 1 heterocycles. The van der Waals surface area contributed by atoms with Crippen LogP contribution >= 0.6 is 11.6 Å². The molecule has 0 saturated carbocycles. The van der Waals surface area contributed by atoms with Crippen molar-refractivity contribution in [3.05, 3.63) is 34.6 Å². The molecule has 1 saturated heterocycles. The maximum atomic E-state index is 13.2. The molecule has 1 aromatic carbocycles. The first-order chi connectivity index (χ1) is 8.16. The number of benzene rings is 1. The van der Waals surface area contributed by atoms with Gasteiger partial charge in [-0.15, -0.1) is 0 Å². The number of halogens is 2. The summed E-state index contributed by atoms with van der Waals surface area (Å²) in [6.07, 6.45) is 2.27. The number of hydrogen-bond donors (Lipinski definition) is 0. The van der Waals surface area contributed by atoms with E-state index >= 15 is 0 Å². The molecule has 0 aromatic heterocycles. The van der Waals surface area contributed by atoms with Crippen LogP contribution in [0.15, 0.2) is 18.2 Å². The number of ether oxygens (including phenoxy) is 1. The largest absolute Gasteiger partial charge is 0.381 e. The zero-order valence-electron chi connectivity index (χ0n) is 9.42. The lowest BCUT2D eigenvalue weighted by molar-refractivity contribution is 0.0601. The summed E-state index contributed by atoms with van der Waals surface area (Å²) < 4.78 is 18.4. The van der Waals surface area contributed by atoms with Gasteiger partial charge in [0.05, 0.1) is 5.02 Å². The minimum absolute atomic E-state index is 0.0209. The molecule has 0 N–H and O–H groups in total. The Morgan fingerprint density at radius 3 is 2.76 bits per heavy atom. The van der Waals surface area contributed by atoms with E-state index in [0.717, 1.165) is 12.8 Å². The molecule has 17 heavy (non-hydrogen) atoms. The summed E-state index contributed by atoms with van der Waals surface area (Å²) in [5.74, 6) is -0.202. The van der Waals surface area contributed by atoms with E-state index in [2.05, 4.69) is 0 Å². The lowest BCUT2D eigenvalue weighted by atomic mass is 9.92. The van der Waals surface area contributed by atoms with Crippen molar-refractivity contribution < 1.29 is 13.9 Å². The molecule has 1 aliphatic heterocycles. The summed E-state index contributed by atoms with van der Waals surface area (Å²) in [5, 5.41) is 0.0487. The number of carbonyl (C=O) groups excluding carboxylic acids is 1. The van der Waals surface area contributed by atoms with Crippen LogP contribution in [0, 0.1) is 11.7 Å². The van der Waals surface area contributed by atoms with Gasteiger partial charge in [0.15, 0.2) is 5.78 Å². The average Bonchev–Trinajstić information content (AvgIpc) is 2.34. The van der Waals surface area contributed by atoms with Crippen molar-refractivity contribution >= 4 is 17.4 Å². The fourth-order valence-corrected chi connectivity index (χ4v) is 2.12. The van der Waals surface area contributed by atoms with Gasteiger partial charge in [-0.2, -0.15) is 0 Å². The molecule has 0 aliphatic carbocycles. The van der Waals surface area contributed by atoms with Crippen LogP contribution in [-0.2, 0) is 4.74 Å². The van der Waals surface area contributed by atoms with Crippen LogP contribution in [0.1, 0.15) is 29.6 Å². The molecule has 0 bridgehead atoms. The standard InChI is InChI=1S/C13H14ClFO2/c14-11-2-1-10(8-12(11)15)13(16)7-9-3-5-17-6-4-9/h1-2,8-9H,3-7H2. The smallest absolute Gasteiger partial charge is 0.163 e. The number of rotatable bonds is 3. The topological polar surface area (TPSA) is 26.3 Å². The third-order valence-corrected chi connectivity index (χ3v) is 3.36. The van der Waals surface area contributed by atoms with E-state index in [9.17, 15) is 9.18 Å². The third-order valence-electron chi connectivity index (χ3n) is 3.06. The minimum Gasteiger partial charge on any atom is -0.381 e. The summed E-state index contributed by atoms with van der Waals surface area (Å²) in [7, 11) is 0. The molecule has 1 fully saturated rings. The number of carbonyl (C=O) groups is 1. The van der Waals surface area contributed by atoms with Crippen molar-refractivity contribution in [2.45, 2.75) is 19.3 Å². The summed E-state index contributed by atoms with van der Waals surface area (Å²) >= 11 is 5.57. The second-order valence-electron chi connectivity index (χ2n) is 4.31. The molecule has 4 heteroatoms. The highest BCUT2D eigenvalue weighted by Gasteiger charge is 2.18. The molecular formula is C13H14ClFO2. The average molecular weight is 257 g/mol. The molecule has 0 spiro atoms. The van der Waals surface area contributed by atoms with Crippen molar-refractivity contribution in [3.8, 4) is 0 Å². The Kier molecular flexibility index (Phi) is 4.13. The Labute approximate surface area is 105 Å². The lowest BCUT2D eigenvalue weighted by Gasteiger charge is -2.21. The van der Waals surface area contributed by atoms with Gasteiger partial charge in [0.2, 0.25) is 0 Å². The summed E-state index contributed by atoms with van der Waals surface area (Å²) in [5.41, 5.74) is 0.401. The monoisotopic (exact) mass is 256 g/mol. The van der Waals surface area contributed by atoms with E-state index < -0.39 is 5.82 Å². The molecule has 0 amide bonds. The molecule has 0 unspecified atom stereocenters. The van der Waals surface area contributed by atoms with Crippen molar-refractivity contribution in [2.75, 3.05) is 13.2 Å². The van der Waals surface area contributed by atoms with Crippen molar-refractivity contribution in [1.29, 1.82) is 0 Å². The first-order valence-electron chi connectivity index (χ1n) is 5.73. The van der Waals surface area contributed by atoms with E-state index in [1.54, 1.807) is 6.07 Å². The van der Waals surface area contributed by atoms with Gasteiger partial charge in [0.25, 0.3) is 0 Å². The first kappa shape index (κ1) is 12.5. The zero-order chi connectivity index (χ0) is 12.3. The van der Waals surface area contributed by atoms with Gasteiger partial charge in [-0.3, -0.25) is 4.79 Å². The van der Waals surface area contributed by atoms with Crippen molar-refractivity contribution in [2.24, 2.45) is 5.92 Å². The van der Waals surface area contributed by atoms with Gasteiger partial charge in [-0.05, 0) is 37.0 Å². The van der Waals surface area contributed by atoms with Crippen LogP contribution in [0.4, 0.5) is 4.39 Å². The molecule has 1 aliphatic rings. The summed E-state index contributed by atoms with van der Waals surface area (Å²) in [4.78, 5) is 11.9. The Balaban J connectivity index is 2.01. The van der Waals surface area contributed by atoms with Gasteiger partial charge in [0, 0.05) is 25.2 Å². The van der Waals surface area contributed by atoms with E-state index in [4.69, 9.17) is 16.3 Å². The van der Waals surface area contributed by atoms with Crippen molar-refractivity contribution in [3.63, 3.8) is 0 Å². The third kappa shape index (κ3) is 3.27. The molecule has 1 aromatic rings. The summed E-state index contributed by atoms with van der Waals surface area (Å²) in [6.45, 7) is 1.43. The Morgan fingerprint density at radius 2 is 2.12 bits per heavy atom. The van der Waals surface area contributed by atoms with Crippen LogP contribution in [0.5, 0.6) is 0 Å². The van der Waals surface area contributed by atoms with E-state index in [1.165, 1.54) is 12.1 Å². The predicted octanol–water partition coefficient (Wildman–Crippen LogP) is 3.48. The second kappa shape index (κ2) is 5.61. The zero-order valence-corrected chi connectivity index (χ0v) is 10.2. The minimum atomic E-state index is -0.538. The van der Waals surface area contributed by atoms with Gasteiger partial charge in [-0.1, -0.05) is 11.6 Å². The lowest BCUT2D eigenvalue weighted by Crippen LogP contribution is -2.18. The Hall–Kier alpha value is -0.930. The molecule has 0 atom stereocenters. The van der Waals surface area contributed by atoms with Crippen LogP contribution in [0.25, 0.3) is 0 Å². The second-order valence-corrected chi connectivity index (χ2v) is 4.72. The SMILES string of the molecule is O=C(CC1CCOCC1)c1ccc(Cl)c(F)c1. The van der Waals surface area contributed by atoms with Crippen molar-refractivity contribution in [1.82, 2.24) is 0 Å². The van der Waals surface area contributed by atoms with Gasteiger partial charge < -0.3 is 4.74 Å². The maximum Gasteiger partial charge on any atom is 0.163 e. The highest BCUT2D eigenvalue weighted by molar-refractivity contribution is 6.30. The highest BCUT2D eigenvalue weighted by atomic mass is 35.5. The normalized spacial score (nSPS) is 17.1. The van der Waals surface area contributed by atoms with Crippen LogP contribution in [0.3, 0.4) is 0 Å². The fraction of sp³-hybridized carbons (Fsp3) is 0.462. The van der Waals surface area contributed by atoms with Gasteiger partial charge in [-0.25, -0.2) is 4.39 Å². The van der Waals surface area contributed by atoms with Crippen LogP contribution < -0.4 is 0 Å². The number of hydrogen-bond acceptors (Lipinski definition) is 2. The van der Waals surface area contributed by atoms with Crippen LogP contribution in [-0.4, -0.2) is 19.0 Å². The molecule has 2 nitrogen and oxygen atoms in total. The fourth-order valence-electron chi connectivity index (χ4n) is 2.00. The maximum absolute atomic E-state index is 13.2. The quantitative estimate of drug-likeness (QED) is 0.774. The summed E-state index contributed by atoms with van der Waals surface area (Å²) in [6, 6.07) is 4.21. The molecule has 0 radical (unpaired) electrons. The molecule has 92 valence electrons. The van der Waals surface area contributed by atoms with E-state index in [-0.39, 0.29) is 10.8 Å². The van der Waals surface area contributed by atoms with Gasteiger partial charge >= 0.3 is 0 Å². The Bertz CT molecular complexity index is 414. The van der Waals surface area contributed by atoms with Crippen LogP contribution in [0.2, 0.25) is 5.02 Å². The first-order valence-corrected chi connectivity index (χ1v) is 6.10. The highest BCUT2D eigenvalue weighted by Crippen LogP contribution is 2.22. The van der Waals surface area contributed by atoms with Gasteiger partial charge in [0.1, 0.15) is 5.82 Å². The predicted molar refractivity (Wildman–Crippen MR) is 63.9 cm³/mol. The van der Waals surface area contributed by atoms with E-state index in [0.29, 0.717) is 31.1 Å². The number of Topliss-reactive ketones (excluding diaryl/α,β-unsaturated/α-hetero) is 1.